The Balaban J connectivity index is 1.27. The van der Waals surface area contributed by atoms with E-state index in [1.54, 1.807) is 6.07 Å². The van der Waals surface area contributed by atoms with Crippen LogP contribution in [0.1, 0.15) is 23.2 Å². The molecular weight excluding hydrogens is 564 g/mol. The molecule has 0 saturated carbocycles. The number of hydrogen-bond acceptors (Lipinski definition) is 8. The van der Waals surface area contributed by atoms with Gasteiger partial charge >= 0.3 is 0 Å². The predicted octanol–water partition coefficient (Wildman–Crippen LogP) is 4.00. The second-order valence-electron chi connectivity index (χ2n) is 10.5. The molecule has 4 heterocycles. The molecule has 220 valence electrons. The van der Waals surface area contributed by atoms with E-state index >= 15 is 0 Å². The number of aromatic amines is 1. The lowest BCUT2D eigenvalue weighted by atomic mass is 10.1. The first-order chi connectivity index (χ1) is 20.3. The molecule has 2 saturated heterocycles. The largest absolute Gasteiger partial charge is 0.605 e. The van der Waals surface area contributed by atoms with Crippen molar-refractivity contribution in [3.63, 3.8) is 0 Å². The summed E-state index contributed by atoms with van der Waals surface area (Å²) in [6.07, 6.45) is 1.67. The zero-order valence-electron chi connectivity index (χ0n) is 23.0. The molecule has 10 nitrogen and oxygen atoms in total. The molecule has 0 aliphatic carbocycles. The summed E-state index contributed by atoms with van der Waals surface area (Å²) in [5.74, 6) is -1.90. The summed E-state index contributed by atoms with van der Waals surface area (Å²) in [7, 11) is 2.11. The number of rotatable bonds is 7. The van der Waals surface area contributed by atoms with Gasteiger partial charge in [0, 0.05) is 92.3 Å². The molecule has 1 unspecified atom stereocenters. The SMILES string of the molecule is CN1CCN(c2ccc(C(=O)Nc3n[nH]c4ccc([S+]([O-])c5cc(F)cc(F)c5)nc34)c(NC3CCOCC3)c2)CC1. The molecule has 6 rings (SSSR count). The van der Waals surface area contributed by atoms with Crippen molar-refractivity contribution in [2.24, 2.45) is 0 Å². The molecule has 0 radical (unpaired) electrons. The molecular formula is C29H31F2N7O3S. The van der Waals surface area contributed by atoms with Gasteiger partial charge in [-0.3, -0.25) is 9.89 Å². The van der Waals surface area contributed by atoms with Crippen LogP contribution < -0.4 is 15.5 Å². The molecule has 0 bridgehead atoms. The predicted molar refractivity (Wildman–Crippen MR) is 156 cm³/mol. The number of ether oxygens (including phenoxy) is 1. The summed E-state index contributed by atoms with van der Waals surface area (Å²) in [6.45, 7) is 5.05. The van der Waals surface area contributed by atoms with Crippen LogP contribution in [0, 0.1) is 11.6 Å². The number of likely N-dealkylation sites (N-methyl/N-ethyl adjacent to an activating group) is 1. The third kappa shape index (κ3) is 6.19. The lowest BCUT2D eigenvalue weighted by molar-refractivity contribution is 0.0904. The number of aromatic nitrogens is 3. The fraction of sp³-hybridized carbons (Fsp3) is 0.345. The highest BCUT2D eigenvalue weighted by molar-refractivity contribution is 7.91. The van der Waals surface area contributed by atoms with Crippen molar-refractivity contribution in [1.82, 2.24) is 20.1 Å². The average molecular weight is 596 g/mol. The highest BCUT2D eigenvalue weighted by atomic mass is 32.2. The monoisotopic (exact) mass is 595 g/mol. The molecule has 2 fully saturated rings. The van der Waals surface area contributed by atoms with Crippen molar-refractivity contribution in [1.29, 1.82) is 0 Å². The van der Waals surface area contributed by atoms with Gasteiger partial charge in [0.1, 0.15) is 17.2 Å². The van der Waals surface area contributed by atoms with Crippen LogP contribution in [0.25, 0.3) is 11.0 Å². The van der Waals surface area contributed by atoms with Crippen molar-refractivity contribution >= 4 is 45.3 Å². The van der Waals surface area contributed by atoms with E-state index in [0.29, 0.717) is 30.4 Å². The number of halogens is 2. The normalized spacial score (nSPS) is 17.4. The maximum Gasteiger partial charge on any atom is 0.259 e. The maximum absolute atomic E-state index is 13.7. The molecule has 2 aliphatic heterocycles. The molecule has 0 spiro atoms. The van der Waals surface area contributed by atoms with Crippen molar-refractivity contribution in [2.75, 3.05) is 62.0 Å². The van der Waals surface area contributed by atoms with Crippen LogP contribution in [-0.4, -0.2) is 83.0 Å². The van der Waals surface area contributed by atoms with Crippen LogP contribution >= 0.6 is 0 Å². The van der Waals surface area contributed by atoms with Crippen LogP contribution in [0.15, 0.2) is 58.5 Å². The Morgan fingerprint density at radius 3 is 2.52 bits per heavy atom. The number of pyridine rings is 1. The number of carbonyl (C=O) groups is 1. The highest BCUT2D eigenvalue weighted by Gasteiger charge is 2.24. The number of piperazine rings is 1. The van der Waals surface area contributed by atoms with Crippen molar-refractivity contribution in [3.8, 4) is 0 Å². The lowest BCUT2D eigenvalue weighted by Crippen LogP contribution is -2.44. The van der Waals surface area contributed by atoms with Crippen LogP contribution in [0.4, 0.5) is 26.0 Å². The fourth-order valence-electron chi connectivity index (χ4n) is 5.18. The molecule has 3 N–H and O–H groups in total. The van der Waals surface area contributed by atoms with Gasteiger partial charge < -0.3 is 29.7 Å². The van der Waals surface area contributed by atoms with Crippen LogP contribution in [0.2, 0.25) is 0 Å². The van der Waals surface area contributed by atoms with E-state index in [9.17, 15) is 18.1 Å². The minimum absolute atomic E-state index is 0.0577. The lowest BCUT2D eigenvalue weighted by Gasteiger charge is -2.34. The molecule has 2 aromatic heterocycles. The Labute approximate surface area is 244 Å². The summed E-state index contributed by atoms with van der Waals surface area (Å²) in [4.78, 5) is 22.6. The first-order valence-electron chi connectivity index (χ1n) is 13.8. The van der Waals surface area contributed by atoms with Crippen LogP contribution in [-0.2, 0) is 15.9 Å². The minimum atomic E-state index is -1.95. The number of benzene rings is 2. The van der Waals surface area contributed by atoms with E-state index < -0.39 is 22.8 Å². The third-order valence-corrected chi connectivity index (χ3v) is 8.82. The Hall–Kier alpha value is -3.78. The first-order valence-corrected chi connectivity index (χ1v) is 15.0. The second-order valence-corrected chi connectivity index (χ2v) is 11.9. The van der Waals surface area contributed by atoms with E-state index in [-0.39, 0.29) is 33.2 Å². The van der Waals surface area contributed by atoms with E-state index in [0.717, 1.165) is 62.5 Å². The number of H-pyrrole nitrogens is 1. The highest BCUT2D eigenvalue weighted by Crippen LogP contribution is 2.29. The summed E-state index contributed by atoms with van der Waals surface area (Å²) in [5.41, 5.74) is 2.99. The Morgan fingerprint density at radius 1 is 1.05 bits per heavy atom. The summed E-state index contributed by atoms with van der Waals surface area (Å²) >= 11 is -1.95. The second kappa shape index (κ2) is 12.2. The number of nitrogens with zero attached hydrogens (tertiary/aromatic N) is 4. The van der Waals surface area contributed by atoms with Gasteiger partial charge in [0.2, 0.25) is 0 Å². The Bertz CT molecular complexity index is 1570. The number of anilines is 3. The van der Waals surface area contributed by atoms with Crippen LogP contribution in [0.3, 0.4) is 0 Å². The van der Waals surface area contributed by atoms with E-state index in [1.807, 2.05) is 18.2 Å². The maximum atomic E-state index is 13.7. The van der Waals surface area contributed by atoms with E-state index in [1.165, 1.54) is 6.07 Å². The Morgan fingerprint density at radius 2 is 1.79 bits per heavy atom. The van der Waals surface area contributed by atoms with Gasteiger partial charge in [0.15, 0.2) is 10.7 Å². The number of hydrogen-bond donors (Lipinski definition) is 3. The summed E-state index contributed by atoms with van der Waals surface area (Å²) in [5, 5.41) is 13.5. The molecule has 13 heteroatoms. The van der Waals surface area contributed by atoms with Gasteiger partial charge in [-0.15, -0.1) is 0 Å². The van der Waals surface area contributed by atoms with E-state index in [2.05, 4.69) is 42.7 Å². The van der Waals surface area contributed by atoms with Gasteiger partial charge in [-0.25, -0.2) is 8.78 Å². The first kappa shape index (κ1) is 28.3. The Kier molecular flexibility index (Phi) is 8.24. The molecule has 4 aromatic rings. The number of nitrogens with one attached hydrogen (secondary N) is 3. The van der Waals surface area contributed by atoms with Crippen molar-refractivity contribution in [2.45, 2.75) is 28.8 Å². The van der Waals surface area contributed by atoms with Crippen molar-refractivity contribution < 1.29 is 22.9 Å². The van der Waals surface area contributed by atoms with Gasteiger partial charge in [-0.1, -0.05) is 0 Å². The van der Waals surface area contributed by atoms with Gasteiger partial charge in [0.05, 0.1) is 11.1 Å². The molecule has 1 amide bonds. The molecule has 42 heavy (non-hydrogen) atoms. The van der Waals surface area contributed by atoms with Crippen LogP contribution in [0.5, 0.6) is 0 Å². The molecule has 2 aliphatic rings. The number of fused-ring (bicyclic) bond motifs is 1. The number of carbonyl (C=O) groups excluding carboxylic acids is 1. The zero-order valence-corrected chi connectivity index (χ0v) is 23.8. The van der Waals surface area contributed by atoms with Gasteiger partial charge in [-0.2, -0.15) is 10.1 Å². The third-order valence-electron chi connectivity index (χ3n) is 7.55. The van der Waals surface area contributed by atoms with Crippen molar-refractivity contribution in [3.05, 3.63) is 65.7 Å². The van der Waals surface area contributed by atoms with Gasteiger partial charge in [0.25, 0.3) is 10.9 Å². The van der Waals surface area contributed by atoms with E-state index in [4.69, 9.17) is 4.74 Å². The topological polar surface area (TPSA) is 121 Å². The molecule has 1 atom stereocenters. The average Bonchev–Trinajstić information content (AvgIpc) is 3.39. The van der Waals surface area contributed by atoms with Gasteiger partial charge in [-0.05, 0) is 44.2 Å². The number of amides is 1. The smallest absolute Gasteiger partial charge is 0.259 e. The standard InChI is InChI=1S/C29H31F2N7O3S/c1-37-8-10-38(11-9-37)21-2-3-23(25(17-21)32-20-6-12-41-13-7-20)29(39)34-28-27-24(35-36-28)4-5-26(33-27)42(40)22-15-18(30)14-19(31)16-22/h2-5,14-17,20,32H,6-13H2,1H3,(H2,34,35,36,39). The summed E-state index contributed by atoms with van der Waals surface area (Å²) < 4.78 is 46.0. The summed E-state index contributed by atoms with van der Waals surface area (Å²) in [6, 6.07) is 11.8. The minimum Gasteiger partial charge on any atom is -0.605 e. The zero-order chi connectivity index (χ0) is 29.2. The quantitative estimate of drug-likeness (QED) is 0.274. The molecule has 2 aromatic carbocycles. The fourth-order valence-corrected chi connectivity index (χ4v) is 6.22.